The average Bonchev–Trinajstić information content (AvgIpc) is 3.28. The Labute approximate surface area is 144 Å². The molecule has 1 saturated carbocycles. The molecular weight excluding hydrogens is 308 g/mol. The molecule has 3 nitrogen and oxygen atoms in total. The van der Waals surface area contributed by atoms with E-state index in [-0.39, 0.29) is 0 Å². The van der Waals surface area contributed by atoms with Crippen LogP contribution < -0.4 is 5.73 Å². The number of fused-ring (bicyclic) bond motifs is 1. The Hall–Kier alpha value is -1.03. The molecule has 1 aromatic heterocycles. The number of nitrogens with two attached hydrogens (primary N) is 1. The lowest BCUT2D eigenvalue weighted by molar-refractivity contribution is 0.117. The fourth-order valence-electron chi connectivity index (χ4n) is 2.92. The fraction of sp³-hybridized carbons (Fsp3) is 0.579. The van der Waals surface area contributed by atoms with Gasteiger partial charge in [-0.2, -0.15) is 0 Å². The van der Waals surface area contributed by atoms with Crippen LogP contribution >= 0.6 is 11.6 Å². The summed E-state index contributed by atoms with van der Waals surface area (Å²) >= 11 is 5.76. The van der Waals surface area contributed by atoms with Gasteiger partial charge in [-0.25, -0.2) is 0 Å². The Bertz CT molecular complexity index is 534. The van der Waals surface area contributed by atoms with Crippen molar-refractivity contribution in [1.82, 2.24) is 4.98 Å². The van der Waals surface area contributed by atoms with Gasteiger partial charge in [0.1, 0.15) is 0 Å². The Morgan fingerprint density at radius 1 is 1.04 bits per heavy atom. The van der Waals surface area contributed by atoms with Gasteiger partial charge in [0.2, 0.25) is 0 Å². The third-order valence-electron chi connectivity index (χ3n) is 4.30. The maximum atomic E-state index is 5.76. The van der Waals surface area contributed by atoms with E-state index in [4.69, 9.17) is 22.1 Å². The number of nitrogens with one attached hydrogen (secondary N) is 1. The maximum Gasteiger partial charge on any atom is 0.0698 e. The van der Waals surface area contributed by atoms with Gasteiger partial charge in [0.15, 0.2) is 0 Å². The van der Waals surface area contributed by atoms with Crippen LogP contribution in [-0.4, -0.2) is 24.2 Å². The van der Waals surface area contributed by atoms with Crippen LogP contribution in [0.5, 0.6) is 0 Å². The molecule has 2 aliphatic rings. The average molecular weight is 337 g/mol. The zero-order valence-electron chi connectivity index (χ0n) is 13.9. The molecule has 128 valence electrons. The lowest BCUT2D eigenvalue weighted by atomic mass is 10.0. The quantitative estimate of drug-likeness (QED) is 0.743. The van der Waals surface area contributed by atoms with Crippen molar-refractivity contribution in [2.24, 2.45) is 5.73 Å². The van der Waals surface area contributed by atoms with Crippen LogP contribution in [0.4, 0.5) is 0 Å². The topological polar surface area (TPSA) is 51.0 Å². The van der Waals surface area contributed by atoms with E-state index < -0.39 is 0 Å². The van der Waals surface area contributed by atoms with E-state index in [1.807, 2.05) is 30.5 Å². The first-order valence-corrected chi connectivity index (χ1v) is 9.21. The number of benzene rings is 1. The first kappa shape index (κ1) is 18.3. The SMILES string of the molecule is C1CCCCC1.Clc1ccc2[nH]ccc2c1.NCC1CCCO1. The minimum atomic E-state index is 0.375. The van der Waals surface area contributed by atoms with Gasteiger partial charge in [-0.05, 0) is 37.1 Å². The van der Waals surface area contributed by atoms with E-state index in [1.54, 1.807) is 0 Å². The van der Waals surface area contributed by atoms with Gasteiger partial charge in [0.05, 0.1) is 6.10 Å². The normalized spacial score (nSPS) is 20.3. The highest BCUT2D eigenvalue weighted by Crippen LogP contribution is 2.17. The molecule has 2 fully saturated rings. The second-order valence-corrected chi connectivity index (χ2v) is 6.64. The number of aromatic nitrogens is 1. The standard InChI is InChI=1S/C8H6ClN.C6H12.C5H11NO/c9-7-1-2-8-6(5-7)3-4-10-8;1-2-4-6-5-3-1;6-4-5-2-1-3-7-5/h1-5,10H;1-6H2;5H,1-4,6H2. The molecule has 4 heteroatoms. The molecule has 2 heterocycles. The van der Waals surface area contributed by atoms with Gasteiger partial charge in [0, 0.05) is 35.3 Å². The van der Waals surface area contributed by atoms with Crippen molar-refractivity contribution in [2.75, 3.05) is 13.2 Å². The molecule has 1 unspecified atom stereocenters. The van der Waals surface area contributed by atoms with E-state index in [0.29, 0.717) is 12.6 Å². The molecule has 2 aromatic rings. The van der Waals surface area contributed by atoms with Crippen LogP contribution in [0.15, 0.2) is 30.5 Å². The summed E-state index contributed by atoms with van der Waals surface area (Å²) in [6, 6.07) is 7.78. The number of ether oxygens (including phenoxy) is 1. The Kier molecular flexibility index (Phi) is 8.51. The number of halogens is 1. The first-order chi connectivity index (χ1) is 11.3. The van der Waals surface area contributed by atoms with Crippen molar-refractivity contribution in [3.05, 3.63) is 35.5 Å². The third kappa shape index (κ3) is 6.94. The molecule has 0 bridgehead atoms. The van der Waals surface area contributed by atoms with E-state index >= 15 is 0 Å². The third-order valence-corrected chi connectivity index (χ3v) is 4.54. The molecule has 1 aliphatic heterocycles. The van der Waals surface area contributed by atoms with Crippen molar-refractivity contribution >= 4 is 22.5 Å². The van der Waals surface area contributed by atoms with Gasteiger partial charge in [0.25, 0.3) is 0 Å². The minimum absolute atomic E-state index is 0.375. The van der Waals surface area contributed by atoms with Crippen molar-refractivity contribution in [2.45, 2.75) is 57.5 Å². The summed E-state index contributed by atoms with van der Waals surface area (Å²) in [4.78, 5) is 3.09. The first-order valence-electron chi connectivity index (χ1n) is 8.84. The van der Waals surface area contributed by atoms with Gasteiger partial charge >= 0.3 is 0 Å². The molecule has 1 saturated heterocycles. The molecular formula is C19H29ClN2O. The molecule has 0 radical (unpaired) electrons. The summed E-state index contributed by atoms with van der Waals surface area (Å²) in [5.41, 5.74) is 6.44. The van der Waals surface area contributed by atoms with Gasteiger partial charge in [-0.3, -0.25) is 0 Å². The Morgan fingerprint density at radius 3 is 2.26 bits per heavy atom. The van der Waals surface area contributed by atoms with E-state index in [2.05, 4.69) is 4.98 Å². The number of hydrogen-bond acceptors (Lipinski definition) is 2. The number of aromatic amines is 1. The van der Waals surface area contributed by atoms with E-state index in [1.165, 1.54) is 44.9 Å². The van der Waals surface area contributed by atoms with Crippen LogP contribution in [0.2, 0.25) is 5.02 Å². The zero-order chi connectivity index (χ0) is 16.3. The molecule has 0 amide bonds. The lowest BCUT2D eigenvalue weighted by Crippen LogP contribution is -2.17. The number of rotatable bonds is 1. The lowest BCUT2D eigenvalue weighted by Gasteiger charge is -2.05. The summed E-state index contributed by atoms with van der Waals surface area (Å²) in [5.74, 6) is 0. The molecule has 0 spiro atoms. The minimum Gasteiger partial charge on any atom is -0.377 e. The number of H-pyrrole nitrogens is 1. The molecule has 4 rings (SSSR count). The van der Waals surface area contributed by atoms with Gasteiger partial charge in [-0.1, -0.05) is 50.1 Å². The predicted molar refractivity (Wildman–Crippen MR) is 99.0 cm³/mol. The Balaban J connectivity index is 0.000000131. The van der Waals surface area contributed by atoms with Crippen LogP contribution in [-0.2, 0) is 4.74 Å². The highest BCUT2D eigenvalue weighted by molar-refractivity contribution is 6.31. The smallest absolute Gasteiger partial charge is 0.0698 e. The van der Waals surface area contributed by atoms with Crippen LogP contribution in [0.25, 0.3) is 10.9 Å². The summed E-state index contributed by atoms with van der Waals surface area (Å²) in [5, 5.41) is 1.94. The summed E-state index contributed by atoms with van der Waals surface area (Å²) < 4.78 is 5.18. The van der Waals surface area contributed by atoms with Crippen LogP contribution in [0.1, 0.15) is 51.4 Å². The molecule has 1 atom stereocenters. The molecule has 3 N–H and O–H groups in total. The molecule has 1 aromatic carbocycles. The monoisotopic (exact) mass is 336 g/mol. The van der Waals surface area contributed by atoms with Crippen molar-refractivity contribution in [3.8, 4) is 0 Å². The van der Waals surface area contributed by atoms with Crippen molar-refractivity contribution in [3.63, 3.8) is 0 Å². The van der Waals surface area contributed by atoms with Crippen molar-refractivity contribution in [1.29, 1.82) is 0 Å². The molecule has 23 heavy (non-hydrogen) atoms. The highest BCUT2D eigenvalue weighted by atomic mass is 35.5. The largest absolute Gasteiger partial charge is 0.377 e. The highest BCUT2D eigenvalue weighted by Gasteiger charge is 2.11. The zero-order valence-corrected chi connectivity index (χ0v) is 14.7. The second kappa shape index (κ2) is 10.7. The maximum absolute atomic E-state index is 5.76. The predicted octanol–water partition coefficient (Wildman–Crippen LogP) is 5.29. The Morgan fingerprint density at radius 2 is 1.74 bits per heavy atom. The van der Waals surface area contributed by atoms with Crippen LogP contribution in [0.3, 0.4) is 0 Å². The number of hydrogen-bond donors (Lipinski definition) is 2. The fourth-order valence-corrected chi connectivity index (χ4v) is 3.10. The van der Waals surface area contributed by atoms with Crippen molar-refractivity contribution < 1.29 is 4.74 Å². The molecule has 1 aliphatic carbocycles. The van der Waals surface area contributed by atoms with E-state index in [9.17, 15) is 0 Å². The second-order valence-electron chi connectivity index (χ2n) is 6.20. The van der Waals surface area contributed by atoms with Crippen LogP contribution in [0, 0.1) is 0 Å². The summed E-state index contributed by atoms with van der Waals surface area (Å²) in [7, 11) is 0. The summed E-state index contributed by atoms with van der Waals surface area (Å²) in [6.07, 6.45) is 13.6. The summed E-state index contributed by atoms with van der Waals surface area (Å²) in [6.45, 7) is 1.61. The van der Waals surface area contributed by atoms with Gasteiger partial charge in [-0.15, -0.1) is 0 Å². The van der Waals surface area contributed by atoms with Gasteiger partial charge < -0.3 is 15.5 Å². The van der Waals surface area contributed by atoms with E-state index in [0.717, 1.165) is 29.0 Å².